The molecule has 0 aliphatic rings. The minimum atomic E-state index is -3.56. The van der Waals surface area contributed by atoms with Crippen molar-refractivity contribution in [3.05, 3.63) is 23.8 Å². The summed E-state index contributed by atoms with van der Waals surface area (Å²) in [6, 6.07) is 4.93. The van der Waals surface area contributed by atoms with Crippen LogP contribution in [-0.2, 0) is 19.6 Å². The lowest BCUT2D eigenvalue weighted by molar-refractivity contribution is -0.117. The van der Waals surface area contributed by atoms with Crippen LogP contribution in [-0.4, -0.2) is 44.4 Å². The summed E-state index contributed by atoms with van der Waals surface area (Å²) in [7, 11) is -3.56. The van der Waals surface area contributed by atoms with Crippen molar-refractivity contribution in [3.63, 3.8) is 0 Å². The van der Waals surface area contributed by atoms with Crippen molar-refractivity contribution in [1.29, 1.82) is 0 Å². The molecule has 6 nitrogen and oxygen atoms in total. The maximum atomic E-state index is 12.7. The number of carbonyl (C=O) groups is 1. The van der Waals surface area contributed by atoms with Crippen LogP contribution in [0.25, 0.3) is 0 Å². The number of amides is 1. The lowest BCUT2D eigenvalue weighted by Gasteiger charge is -2.20. The average Bonchev–Trinajstić information content (AvgIpc) is 2.49. The molecule has 0 aliphatic heterocycles. The number of carbonyl (C=O) groups excluding carboxylic acids is 1. The SMILES string of the molecule is CCN(CC)S(=O)(=O)c1cc(NC(=O)CCOC(C)C)ccc1C. The average molecular weight is 356 g/mol. The van der Waals surface area contributed by atoms with Gasteiger partial charge < -0.3 is 10.1 Å². The number of nitrogens with one attached hydrogen (secondary N) is 1. The molecule has 0 spiro atoms. The lowest BCUT2D eigenvalue weighted by atomic mass is 10.2. The van der Waals surface area contributed by atoms with Crippen LogP contribution >= 0.6 is 0 Å². The molecule has 1 aromatic rings. The molecule has 7 heteroatoms. The summed E-state index contributed by atoms with van der Waals surface area (Å²) in [4.78, 5) is 12.2. The zero-order valence-corrected chi connectivity index (χ0v) is 15.9. The molecule has 0 unspecified atom stereocenters. The van der Waals surface area contributed by atoms with E-state index in [0.29, 0.717) is 30.9 Å². The van der Waals surface area contributed by atoms with Gasteiger partial charge in [-0.3, -0.25) is 4.79 Å². The highest BCUT2D eigenvalue weighted by Crippen LogP contribution is 2.23. The molecule has 0 atom stereocenters. The Morgan fingerprint density at radius 1 is 1.25 bits per heavy atom. The van der Waals surface area contributed by atoms with E-state index in [1.54, 1.807) is 32.9 Å². The Morgan fingerprint density at radius 3 is 2.42 bits per heavy atom. The summed E-state index contributed by atoms with van der Waals surface area (Å²) in [5, 5.41) is 2.73. The number of nitrogens with zero attached hydrogens (tertiary/aromatic N) is 1. The van der Waals surface area contributed by atoms with E-state index in [4.69, 9.17) is 4.74 Å². The largest absolute Gasteiger partial charge is 0.378 e. The number of hydrogen-bond donors (Lipinski definition) is 1. The van der Waals surface area contributed by atoms with Crippen LogP contribution in [0.2, 0.25) is 0 Å². The number of sulfonamides is 1. The highest BCUT2D eigenvalue weighted by molar-refractivity contribution is 7.89. The number of anilines is 1. The molecule has 0 aromatic heterocycles. The molecule has 24 heavy (non-hydrogen) atoms. The minimum Gasteiger partial charge on any atom is -0.378 e. The summed E-state index contributed by atoms with van der Waals surface area (Å²) >= 11 is 0. The van der Waals surface area contributed by atoms with Gasteiger partial charge in [0, 0.05) is 18.8 Å². The molecule has 0 heterocycles. The minimum absolute atomic E-state index is 0.0722. The summed E-state index contributed by atoms with van der Waals surface area (Å²) in [6.45, 7) is 10.3. The van der Waals surface area contributed by atoms with Crippen LogP contribution in [0, 0.1) is 6.92 Å². The Hall–Kier alpha value is -1.44. The molecule has 0 saturated carbocycles. The maximum Gasteiger partial charge on any atom is 0.243 e. The van der Waals surface area contributed by atoms with E-state index in [1.807, 2.05) is 13.8 Å². The van der Waals surface area contributed by atoms with Gasteiger partial charge in [0.1, 0.15) is 0 Å². The fourth-order valence-corrected chi connectivity index (χ4v) is 3.98. The number of aryl methyl sites for hydroxylation is 1. The maximum absolute atomic E-state index is 12.7. The Kier molecular flexibility index (Phi) is 7.86. The number of hydrogen-bond acceptors (Lipinski definition) is 4. The number of rotatable bonds is 9. The van der Waals surface area contributed by atoms with Gasteiger partial charge in [-0.2, -0.15) is 4.31 Å². The lowest BCUT2D eigenvalue weighted by Crippen LogP contribution is -2.31. The molecule has 0 aliphatic carbocycles. The Bertz CT molecular complexity index is 653. The van der Waals surface area contributed by atoms with Gasteiger partial charge in [-0.1, -0.05) is 19.9 Å². The first kappa shape index (κ1) is 20.6. The van der Waals surface area contributed by atoms with Crippen molar-refractivity contribution in [2.45, 2.75) is 52.0 Å². The second-order valence-corrected chi connectivity index (χ2v) is 7.69. The fraction of sp³-hybridized carbons (Fsp3) is 0.588. The van der Waals surface area contributed by atoms with Crippen LogP contribution in [0.5, 0.6) is 0 Å². The van der Waals surface area contributed by atoms with Gasteiger partial charge in [0.05, 0.1) is 24.0 Å². The van der Waals surface area contributed by atoms with E-state index in [1.165, 1.54) is 10.4 Å². The smallest absolute Gasteiger partial charge is 0.243 e. The van der Waals surface area contributed by atoms with Gasteiger partial charge in [-0.15, -0.1) is 0 Å². The van der Waals surface area contributed by atoms with Crippen molar-refractivity contribution in [3.8, 4) is 0 Å². The predicted octanol–water partition coefficient (Wildman–Crippen LogP) is 2.78. The molecular formula is C17H28N2O4S. The van der Waals surface area contributed by atoms with E-state index in [-0.39, 0.29) is 23.3 Å². The number of ether oxygens (including phenoxy) is 1. The molecule has 0 fully saturated rings. The molecule has 1 rings (SSSR count). The summed E-state index contributed by atoms with van der Waals surface area (Å²) in [5.41, 5.74) is 1.13. The first-order valence-corrected chi connectivity index (χ1v) is 9.68. The summed E-state index contributed by atoms with van der Waals surface area (Å²) < 4.78 is 32.1. The second kappa shape index (κ2) is 9.15. The van der Waals surface area contributed by atoms with Crippen molar-refractivity contribution in [2.24, 2.45) is 0 Å². The molecule has 1 N–H and O–H groups in total. The highest BCUT2D eigenvalue weighted by atomic mass is 32.2. The third-order valence-electron chi connectivity index (χ3n) is 3.58. The molecule has 0 bridgehead atoms. The fourth-order valence-electron chi connectivity index (χ4n) is 2.27. The topological polar surface area (TPSA) is 75.7 Å². The van der Waals surface area contributed by atoms with Crippen LogP contribution in [0.3, 0.4) is 0 Å². The molecular weight excluding hydrogens is 328 g/mol. The first-order valence-electron chi connectivity index (χ1n) is 8.24. The second-order valence-electron chi connectivity index (χ2n) is 5.79. The van der Waals surface area contributed by atoms with E-state index < -0.39 is 10.0 Å². The highest BCUT2D eigenvalue weighted by Gasteiger charge is 2.24. The molecule has 136 valence electrons. The van der Waals surface area contributed by atoms with Crippen LogP contribution < -0.4 is 5.32 Å². The van der Waals surface area contributed by atoms with Gasteiger partial charge in [0.15, 0.2) is 0 Å². The van der Waals surface area contributed by atoms with Crippen LogP contribution in [0.15, 0.2) is 23.1 Å². The zero-order valence-electron chi connectivity index (χ0n) is 15.1. The van der Waals surface area contributed by atoms with Crippen molar-refractivity contribution < 1.29 is 17.9 Å². The molecule has 0 saturated heterocycles. The predicted molar refractivity (Wildman–Crippen MR) is 95.6 cm³/mol. The Labute approximate surface area is 145 Å². The van der Waals surface area contributed by atoms with Gasteiger partial charge in [-0.05, 0) is 38.5 Å². The Balaban J connectivity index is 2.92. The van der Waals surface area contributed by atoms with E-state index in [2.05, 4.69) is 5.32 Å². The van der Waals surface area contributed by atoms with Gasteiger partial charge in [-0.25, -0.2) is 8.42 Å². The quantitative estimate of drug-likeness (QED) is 0.738. The van der Waals surface area contributed by atoms with Crippen LogP contribution in [0.1, 0.15) is 39.7 Å². The van der Waals surface area contributed by atoms with E-state index in [9.17, 15) is 13.2 Å². The summed E-state index contributed by atoms with van der Waals surface area (Å²) in [5.74, 6) is -0.203. The van der Waals surface area contributed by atoms with Crippen LogP contribution in [0.4, 0.5) is 5.69 Å². The molecule has 1 aromatic carbocycles. The number of benzene rings is 1. The standard InChI is InChI=1S/C17H28N2O4S/c1-6-19(7-2)24(21,22)16-12-15(9-8-14(16)5)18-17(20)10-11-23-13(3)4/h8-9,12-13H,6-7,10-11H2,1-5H3,(H,18,20). The zero-order chi connectivity index (χ0) is 18.3. The van der Waals surface area contributed by atoms with E-state index >= 15 is 0 Å². The normalized spacial score (nSPS) is 12.0. The van der Waals surface area contributed by atoms with Gasteiger partial charge >= 0.3 is 0 Å². The molecule has 0 radical (unpaired) electrons. The van der Waals surface area contributed by atoms with Crippen molar-refractivity contribution in [1.82, 2.24) is 4.31 Å². The monoisotopic (exact) mass is 356 g/mol. The third-order valence-corrected chi connectivity index (χ3v) is 5.77. The van der Waals surface area contributed by atoms with Gasteiger partial charge in [0.2, 0.25) is 15.9 Å². The van der Waals surface area contributed by atoms with Gasteiger partial charge in [0.25, 0.3) is 0 Å². The summed E-state index contributed by atoms with van der Waals surface area (Å²) in [6.07, 6.45) is 0.299. The van der Waals surface area contributed by atoms with Crippen molar-refractivity contribution >= 4 is 21.6 Å². The van der Waals surface area contributed by atoms with E-state index in [0.717, 1.165) is 0 Å². The van der Waals surface area contributed by atoms with Crippen molar-refractivity contribution in [2.75, 3.05) is 25.0 Å². The Morgan fingerprint density at radius 2 is 1.88 bits per heavy atom. The molecule has 1 amide bonds. The first-order chi connectivity index (χ1) is 11.2. The third kappa shape index (κ3) is 5.58.